The van der Waals surface area contributed by atoms with E-state index >= 15 is 0 Å². The molecular weight excluding hydrogens is 260 g/mol. The van der Waals surface area contributed by atoms with E-state index in [4.69, 9.17) is 12.2 Å². The summed E-state index contributed by atoms with van der Waals surface area (Å²) in [5.41, 5.74) is 0. The minimum atomic E-state index is 0.497. The molecule has 0 aromatic heterocycles. The summed E-state index contributed by atoms with van der Waals surface area (Å²) < 4.78 is 1.16. The molecule has 13 heavy (non-hydrogen) atoms. The molecule has 78 valence electrons. The molecule has 2 N–H and O–H groups in total. The molecule has 0 rings (SSSR count). The Morgan fingerprint density at radius 1 is 1.23 bits per heavy atom. The van der Waals surface area contributed by atoms with Gasteiger partial charge >= 0.3 is 0 Å². The second-order valence-corrected chi connectivity index (χ2v) is 4.50. The van der Waals surface area contributed by atoms with Crippen molar-refractivity contribution < 1.29 is 0 Å². The highest BCUT2D eigenvalue weighted by molar-refractivity contribution is 8.76. The Kier molecular flexibility index (Phi) is 16.1. The van der Waals surface area contributed by atoms with Crippen molar-refractivity contribution in [2.24, 2.45) is 0 Å². The van der Waals surface area contributed by atoms with E-state index in [-0.39, 0.29) is 0 Å². The Bertz CT molecular complexity index is 150. The van der Waals surface area contributed by atoms with Crippen molar-refractivity contribution in [3.8, 4) is 0 Å². The third-order valence-electron chi connectivity index (χ3n) is 0.753. The Morgan fingerprint density at radius 3 is 2.08 bits per heavy atom. The van der Waals surface area contributed by atoms with Crippen LogP contribution >= 0.6 is 59.5 Å². The van der Waals surface area contributed by atoms with Gasteiger partial charge in [-0.25, -0.2) is 0 Å². The Labute approximate surface area is 105 Å². The summed E-state index contributed by atoms with van der Waals surface area (Å²) in [6.07, 6.45) is 0. The predicted molar refractivity (Wildman–Crippen MR) is 78.1 cm³/mol. The molecular formula is C6H14N2S5. The van der Waals surface area contributed by atoms with Crippen LogP contribution in [0.1, 0.15) is 13.8 Å². The lowest BCUT2D eigenvalue weighted by molar-refractivity contribution is 0.834. The highest BCUT2D eigenvalue weighted by Crippen LogP contribution is 2.04. The summed E-state index contributed by atoms with van der Waals surface area (Å²) in [4.78, 5) is 0. The van der Waals surface area contributed by atoms with Gasteiger partial charge in [-0.3, -0.25) is 0 Å². The van der Waals surface area contributed by atoms with Crippen molar-refractivity contribution in [1.82, 2.24) is 10.6 Å². The van der Waals surface area contributed by atoms with Crippen LogP contribution in [0.15, 0.2) is 0 Å². The topological polar surface area (TPSA) is 24.1 Å². The summed E-state index contributed by atoms with van der Waals surface area (Å²) in [7, 11) is 1.22. The van der Waals surface area contributed by atoms with Gasteiger partial charge in [0.05, 0.1) is 0 Å². The van der Waals surface area contributed by atoms with Crippen LogP contribution in [0.3, 0.4) is 0 Å². The number of hydrogen-bond acceptors (Lipinski definition) is 4. The zero-order chi connectivity index (χ0) is 10.7. The molecule has 0 unspecified atom stereocenters. The molecule has 7 heteroatoms. The molecule has 0 aromatic rings. The van der Waals surface area contributed by atoms with Crippen molar-refractivity contribution in [3.63, 3.8) is 0 Å². The molecule has 2 nitrogen and oxygen atoms in total. The van der Waals surface area contributed by atoms with Gasteiger partial charge in [0.15, 0.2) is 0 Å². The molecule has 0 fully saturated rings. The van der Waals surface area contributed by atoms with Gasteiger partial charge in [0, 0.05) is 13.1 Å². The summed E-state index contributed by atoms with van der Waals surface area (Å²) in [5.74, 6) is 0. The van der Waals surface area contributed by atoms with Gasteiger partial charge < -0.3 is 10.6 Å². The van der Waals surface area contributed by atoms with Crippen molar-refractivity contribution >= 4 is 68.2 Å². The molecule has 0 aliphatic carbocycles. The molecule has 0 aliphatic rings. The summed E-state index contributed by atoms with van der Waals surface area (Å²) in [6.45, 7) is 5.45. The fourth-order valence-electron chi connectivity index (χ4n) is 0.366. The van der Waals surface area contributed by atoms with Crippen molar-refractivity contribution in [2.75, 3.05) is 13.1 Å². The zero-order valence-electron chi connectivity index (χ0n) is 7.53. The lowest BCUT2D eigenvalue weighted by atomic mass is 10.6. The van der Waals surface area contributed by atoms with Crippen LogP contribution in [-0.2, 0) is 0 Å². The summed E-state index contributed by atoms with van der Waals surface area (Å²) in [5, 5.41) is 5.81. The first-order chi connectivity index (χ1) is 6.16. The highest BCUT2D eigenvalue weighted by Gasteiger charge is 1.91. The third-order valence-corrected chi connectivity index (χ3v) is 2.68. The van der Waals surface area contributed by atoms with E-state index in [0.29, 0.717) is 8.64 Å². The Hall–Kier alpha value is 0.830. The fourth-order valence-corrected chi connectivity index (χ4v) is 1.04. The molecule has 0 radical (unpaired) electrons. The molecule has 0 saturated heterocycles. The minimum absolute atomic E-state index is 0.497. The van der Waals surface area contributed by atoms with Crippen molar-refractivity contribution in [1.29, 1.82) is 0 Å². The lowest BCUT2D eigenvalue weighted by Crippen LogP contribution is -2.30. The second kappa shape index (κ2) is 12.8. The zero-order valence-corrected chi connectivity index (χ0v) is 11.8. The fraction of sp³-hybridized carbons (Fsp3) is 0.667. The molecule has 0 spiro atoms. The number of nitrogens with one attached hydrogen (secondary N) is 2. The number of rotatable bonds is 3. The number of thiol groups is 2. The van der Waals surface area contributed by atoms with Crippen LogP contribution in [-0.4, -0.2) is 21.7 Å². The molecule has 0 aromatic carbocycles. The van der Waals surface area contributed by atoms with Gasteiger partial charge in [0.25, 0.3) is 0 Å². The largest absolute Gasteiger partial charge is 0.369 e. The maximum absolute atomic E-state index is 4.83. The van der Waals surface area contributed by atoms with Gasteiger partial charge in [-0.2, -0.15) is 0 Å². The average Bonchev–Trinajstić information content (AvgIpc) is 2.15. The SMILES string of the molecule is CC.S=C(S)NCCNC(=S)SS. The van der Waals surface area contributed by atoms with Gasteiger partial charge in [0.2, 0.25) is 0 Å². The standard InChI is InChI=1S/C4H8N2S5.C2H6/c7-3(8)5-1-2-6-4(9)11-10;1-2/h10H,1-2H2,(H,6,9)(H2,5,7,8);1-2H3. The van der Waals surface area contributed by atoms with Crippen LogP contribution in [0.25, 0.3) is 0 Å². The van der Waals surface area contributed by atoms with E-state index in [9.17, 15) is 0 Å². The first-order valence-electron chi connectivity index (χ1n) is 3.73. The van der Waals surface area contributed by atoms with Crippen LogP contribution in [0.2, 0.25) is 0 Å². The second-order valence-electron chi connectivity index (χ2n) is 1.54. The minimum Gasteiger partial charge on any atom is -0.369 e. The van der Waals surface area contributed by atoms with E-state index in [1.807, 2.05) is 13.8 Å². The molecule has 0 atom stereocenters. The first kappa shape index (κ1) is 16.3. The predicted octanol–water partition coefficient (Wildman–Crippen LogP) is 2.27. The van der Waals surface area contributed by atoms with Crippen molar-refractivity contribution in [2.45, 2.75) is 13.8 Å². The summed E-state index contributed by atoms with van der Waals surface area (Å²) in [6, 6.07) is 0. The van der Waals surface area contributed by atoms with Gasteiger partial charge in [-0.05, 0) is 10.8 Å². The number of thiocarbonyl (C=S) groups is 2. The lowest BCUT2D eigenvalue weighted by Gasteiger charge is -2.05. The Balaban J connectivity index is 0. The first-order valence-corrected chi connectivity index (χ1v) is 6.86. The van der Waals surface area contributed by atoms with E-state index in [1.54, 1.807) is 0 Å². The van der Waals surface area contributed by atoms with Crippen LogP contribution in [0.5, 0.6) is 0 Å². The molecule has 0 amide bonds. The number of hydrogen-bond donors (Lipinski definition) is 4. The van der Waals surface area contributed by atoms with Crippen LogP contribution in [0.4, 0.5) is 0 Å². The van der Waals surface area contributed by atoms with Crippen LogP contribution in [0, 0.1) is 0 Å². The van der Waals surface area contributed by atoms with E-state index < -0.39 is 0 Å². The van der Waals surface area contributed by atoms with Gasteiger partial charge in [-0.15, -0.1) is 24.3 Å². The average molecular weight is 275 g/mol. The van der Waals surface area contributed by atoms with Crippen LogP contribution < -0.4 is 10.6 Å². The molecule has 0 aliphatic heterocycles. The van der Waals surface area contributed by atoms with Crippen molar-refractivity contribution in [3.05, 3.63) is 0 Å². The quantitative estimate of drug-likeness (QED) is 0.274. The monoisotopic (exact) mass is 274 g/mol. The van der Waals surface area contributed by atoms with E-state index in [0.717, 1.165) is 13.1 Å². The van der Waals surface area contributed by atoms with Gasteiger partial charge in [-0.1, -0.05) is 38.3 Å². The maximum Gasteiger partial charge on any atom is 0.144 e. The smallest absolute Gasteiger partial charge is 0.144 e. The highest BCUT2D eigenvalue weighted by atomic mass is 33.1. The summed E-state index contributed by atoms with van der Waals surface area (Å²) >= 11 is 17.3. The van der Waals surface area contributed by atoms with E-state index in [1.165, 1.54) is 10.8 Å². The van der Waals surface area contributed by atoms with E-state index in [2.05, 4.69) is 47.1 Å². The molecule has 0 saturated carbocycles. The third kappa shape index (κ3) is 15.6. The normalized spacial score (nSPS) is 8.00. The molecule has 0 bridgehead atoms. The molecule has 0 heterocycles. The van der Waals surface area contributed by atoms with Gasteiger partial charge in [0.1, 0.15) is 8.64 Å². The Morgan fingerprint density at radius 2 is 1.69 bits per heavy atom. The maximum atomic E-state index is 4.83.